The summed E-state index contributed by atoms with van der Waals surface area (Å²) >= 11 is 0. The van der Waals surface area contributed by atoms with Crippen molar-refractivity contribution in [1.82, 2.24) is 15.2 Å². The van der Waals surface area contributed by atoms with E-state index in [-0.39, 0.29) is 24.0 Å². The third-order valence-corrected chi connectivity index (χ3v) is 7.87. The number of aromatic amines is 1. The summed E-state index contributed by atoms with van der Waals surface area (Å²) in [4.78, 5) is 32.1. The van der Waals surface area contributed by atoms with Gasteiger partial charge in [0.2, 0.25) is 11.8 Å². The first-order valence-electron chi connectivity index (χ1n) is 12.1. The molecule has 2 N–H and O–H groups in total. The van der Waals surface area contributed by atoms with Gasteiger partial charge in [-0.3, -0.25) is 9.59 Å². The van der Waals surface area contributed by atoms with Crippen molar-refractivity contribution in [2.45, 2.75) is 31.1 Å². The topological polar surface area (TPSA) is 83.7 Å². The van der Waals surface area contributed by atoms with Gasteiger partial charge in [0.25, 0.3) is 0 Å². The molecule has 180 valence electrons. The molecule has 3 aliphatic rings. The summed E-state index contributed by atoms with van der Waals surface area (Å²) in [5, 5.41) is 4.25. The van der Waals surface area contributed by atoms with E-state index in [2.05, 4.69) is 16.4 Å². The van der Waals surface area contributed by atoms with Crippen molar-refractivity contribution >= 4 is 22.7 Å². The van der Waals surface area contributed by atoms with E-state index in [0.717, 1.165) is 22.4 Å². The number of likely N-dealkylation sites (tertiary alicyclic amines) is 1. The van der Waals surface area contributed by atoms with Crippen LogP contribution in [0.3, 0.4) is 0 Å². The molecule has 7 nitrogen and oxygen atoms in total. The summed E-state index contributed by atoms with van der Waals surface area (Å²) in [6.45, 7) is 2.98. The number of nitrogens with zero attached hydrogens (tertiary/aromatic N) is 1. The minimum Gasteiger partial charge on any atom is -0.497 e. The van der Waals surface area contributed by atoms with Crippen LogP contribution in [-0.2, 0) is 20.7 Å². The first-order chi connectivity index (χ1) is 17.0. The van der Waals surface area contributed by atoms with Crippen LogP contribution in [0.25, 0.3) is 10.9 Å². The predicted octanol–water partition coefficient (Wildman–Crippen LogP) is 3.38. The Morgan fingerprint density at radius 2 is 2.06 bits per heavy atom. The van der Waals surface area contributed by atoms with Gasteiger partial charge >= 0.3 is 0 Å². The van der Waals surface area contributed by atoms with Crippen LogP contribution in [0.5, 0.6) is 5.75 Å². The molecule has 1 spiro atoms. The fourth-order valence-corrected chi connectivity index (χ4v) is 5.99. The van der Waals surface area contributed by atoms with Gasteiger partial charge in [0, 0.05) is 23.6 Å². The number of para-hydroxylation sites is 1. The van der Waals surface area contributed by atoms with E-state index in [1.165, 1.54) is 5.39 Å². The predicted molar refractivity (Wildman–Crippen MR) is 132 cm³/mol. The molecule has 2 aromatic carbocycles. The molecule has 2 amide bonds. The number of methoxy groups -OCH3 is 1. The molecule has 2 fully saturated rings. The van der Waals surface area contributed by atoms with Crippen LogP contribution in [0, 0.1) is 11.8 Å². The lowest BCUT2D eigenvalue weighted by Crippen LogP contribution is -2.44. The summed E-state index contributed by atoms with van der Waals surface area (Å²) in [5.74, 6) is -0.358. The Balaban J connectivity index is 1.16. The maximum Gasteiger partial charge on any atom is 0.230 e. The minimum absolute atomic E-state index is 0.0167. The Kier molecular flexibility index (Phi) is 5.18. The van der Waals surface area contributed by atoms with Crippen LogP contribution in [0.15, 0.2) is 66.9 Å². The molecule has 2 bridgehead atoms. The first-order valence-corrected chi connectivity index (χ1v) is 12.1. The van der Waals surface area contributed by atoms with E-state index >= 15 is 0 Å². The Bertz CT molecular complexity index is 1310. The lowest BCUT2D eigenvalue weighted by molar-refractivity contribution is -0.138. The molecule has 0 radical (unpaired) electrons. The second-order valence-electron chi connectivity index (χ2n) is 9.72. The standard InChI is InChI=1S/C28H29N3O4/c1-17(18-7-9-20(34-2)10-8-18)31-16-28-13-11-23(35-28)24(25(28)27(31)33)26(32)29-14-12-19-15-30-22-6-4-3-5-21(19)22/h3-11,13,15,17,23-25,30H,12,14,16H2,1-2H3,(H,29,32)/t17?,23?,24?,25?,28-/m0/s1. The van der Waals surface area contributed by atoms with Crippen molar-refractivity contribution < 1.29 is 19.1 Å². The zero-order valence-electron chi connectivity index (χ0n) is 19.9. The normalized spacial score (nSPS) is 27.4. The summed E-state index contributed by atoms with van der Waals surface area (Å²) in [7, 11) is 1.63. The maximum atomic E-state index is 13.6. The highest BCUT2D eigenvalue weighted by molar-refractivity contribution is 5.93. The third-order valence-electron chi connectivity index (χ3n) is 7.87. The monoisotopic (exact) mass is 471 g/mol. The lowest BCUT2D eigenvalue weighted by atomic mass is 9.77. The summed E-state index contributed by atoms with van der Waals surface area (Å²) in [5.41, 5.74) is 2.55. The van der Waals surface area contributed by atoms with Gasteiger partial charge in [-0.15, -0.1) is 0 Å². The number of carbonyl (C=O) groups is 2. The lowest BCUT2D eigenvalue weighted by Gasteiger charge is -2.28. The molecule has 1 aromatic heterocycles. The molecule has 0 aliphatic carbocycles. The number of nitrogens with one attached hydrogen (secondary N) is 2. The molecule has 0 saturated carbocycles. The number of amides is 2. The smallest absolute Gasteiger partial charge is 0.230 e. The van der Waals surface area contributed by atoms with Crippen LogP contribution >= 0.6 is 0 Å². The van der Waals surface area contributed by atoms with Crippen LogP contribution in [-0.4, -0.2) is 53.6 Å². The van der Waals surface area contributed by atoms with Gasteiger partial charge in [-0.2, -0.15) is 0 Å². The molecule has 4 heterocycles. The number of rotatable bonds is 7. The van der Waals surface area contributed by atoms with E-state index in [1.54, 1.807) is 7.11 Å². The van der Waals surface area contributed by atoms with E-state index in [9.17, 15) is 9.59 Å². The van der Waals surface area contributed by atoms with Crippen molar-refractivity contribution in [1.29, 1.82) is 0 Å². The Morgan fingerprint density at radius 1 is 1.26 bits per heavy atom. The fraction of sp³-hybridized carbons (Fsp3) is 0.357. The molecule has 5 atom stereocenters. The van der Waals surface area contributed by atoms with Crippen molar-refractivity contribution in [3.63, 3.8) is 0 Å². The summed E-state index contributed by atoms with van der Waals surface area (Å²) < 4.78 is 11.5. The van der Waals surface area contributed by atoms with Crippen molar-refractivity contribution in [2.75, 3.05) is 20.2 Å². The van der Waals surface area contributed by atoms with Gasteiger partial charge in [0.05, 0.1) is 37.6 Å². The maximum absolute atomic E-state index is 13.6. The SMILES string of the molecule is COc1ccc(C(C)N2C[C@]34C=CC(O3)C(C(=O)NCCc3c[nH]c5ccccc35)C4C2=O)cc1. The number of fused-ring (bicyclic) bond motifs is 2. The molecule has 6 rings (SSSR count). The Morgan fingerprint density at radius 3 is 2.86 bits per heavy atom. The highest BCUT2D eigenvalue weighted by atomic mass is 16.5. The van der Waals surface area contributed by atoms with E-state index in [4.69, 9.17) is 9.47 Å². The van der Waals surface area contributed by atoms with Crippen molar-refractivity contribution in [2.24, 2.45) is 11.8 Å². The number of aromatic nitrogens is 1. The van der Waals surface area contributed by atoms with Crippen LogP contribution in [0.1, 0.15) is 24.1 Å². The number of ether oxygens (including phenoxy) is 2. The molecular weight excluding hydrogens is 442 g/mol. The third kappa shape index (κ3) is 3.45. The Labute approximate surface area is 204 Å². The number of H-pyrrole nitrogens is 1. The van der Waals surface area contributed by atoms with Gasteiger partial charge in [0.15, 0.2) is 0 Å². The van der Waals surface area contributed by atoms with Crippen LogP contribution < -0.4 is 10.1 Å². The van der Waals surface area contributed by atoms with Gasteiger partial charge < -0.3 is 24.7 Å². The summed E-state index contributed by atoms with van der Waals surface area (Å²) in [6.07, 6.45) is 6.31. The number of hydrogen-bond donors (Lipinski definition) is 2. The van der Waals surface area contributed by atoms with E-state index < -0.39 is 17.4 Å². The van der Waals surface area contributed by atoms with Gasteiger partial charge in [-0.25, -0.2) is 0 Å². The highest BCUT2D eigenvalue weighted by Crippen LogP contribution is 2.53. The zero-order chi connectivity index (χ0) is 24.2. The average molecular weight is 472 g/mol. The van der Waals surface area contributed by atoms with Crippen molar-refractivity contribution in [3.8, 4) is 5.75 Å². The average Bonchev–Trinajstić information content (AvgIpc) is 3.63. The van der Waals surface area contributed by atoms with Gasteiger partial charge in [0.1, 0.15) is 11.4 Å². The first kappa shape index (κ1) is 21.9. The van der Waals surface area contributed by atoms with E-state index in [1.807, 2.05) is 72.6 Å². The number of benzene rings is 2. The molecule has 7 heteroatoms. The quantitative estimate of drug-likeness (QED) is 0.518. The number of carbonyl (C=O) groups excluding carboxylic acids is 2. The molecule has 35 heavy (non-hydrogen) atoms. The van der Waals surface area contributed by atoms with E-state index in [0.29, 0.717) is 19.5 Å². The zero-order valence-corrected chi connectivity index (χ0v) is 19.9. The second-order valence-corrected chi connectivity index (χ2v) is 9.72. The Hall–Kier alpha value is -3.58. The molecule has 3 aromatic rings. The van der Waals surface area contributed by atoms with Crippen molar-refractivity contribution in [3.05, 3.63) is 78.0 Å². The number of hydrogen-bond acceptors (Lipinski definition) is 4. The van der Waals surface area contributed by atoms with Crippen LogP contribution in [0.4, 0.5) is 0 Å². The molecule has 4 unspecified atom stereocenters. The molecule has 3 aliphatic heterocycles. The highest BCUT2D eigenvalue weighted by Gasteiger charge is 2.67. The second kappa shape index (κ2) is 8.27. The minimum atomic E-state index is -0.721. The fourth-order valence-electron chi connectivity index (χ4n) is 5.99. The van der Waals surface area contributed by atoms with Gasteiger partial charge in [-0.1, -0.05) is 42.5 Å². The van der Waals surface area contributed by atoms with Crippen LogP contribution in [0.2, 0.25) is 0 Å². The molecular formula is C28H29N3O4. The van der Waals surface area contributed by atoms with Gasteiger partial charge in [-0.05, 0) is 42.7 Å². The molecule has 2 saturated heterocycles. The summed E-state index contributed by atoms with van der Waals surface area (Å²) in [6, 6.07) is 15.8. The largest absolute Gasteiger partial charge is 0.497 e.